The number of rotatable bonds is 7. The third-order valence-corrected chi connectivity index (χ3v) is 2.97. The minimum atomic E-state index is -0.936. The Morgan fingerprint density at radius 3 is 2.15 bits per heavy atom. The van der Waals surface area contributed by atoms with Crippen LogP contribution in [0.15, 0.2) is 18.5 Å². The van der Waals surface area contributed by atoms with Gasteiger partial charge in [0.1, 0.15) is 0 Å². The van der Waals surface area contributed by atoms with Crippen LogP contribution in [0.2, 0.25) is 0 Å². The molecule has 1 rings (SSSR count). The summed E-state index contributed by atoms with van der Waals surface area (Å²) in [5.41, 5.74) is -0.492. The highest BCUT2D eigenvalue weighted by atomic mass is 16.6. The summed E-state index contributed by atoms with van der Waals surface area (Å²) in [4.78, 5) is 23.9. The van der Waals surface area contributed by atoms with Crippen LogP contribution >= 0.6 is 0 Å². The molecule has 0 aliphatic carbocycles. The first-order chi connectivity index (χ1) is 9.42. The Bertz CT molecular complexity index is 422. The molecular weight excluding hydrogens is 260 g/mol. The van der Waals surface area contributed by atoms with E-state index in [9.17, 15) is 9.59 Å². The molecule has 0 spiro atoms. The number of carbonyl (C=O) groups excluding carboxylic acids is 2. The quantitative estimate of drug-likeness (QED) is 0.563. The average Bonchev–Trinajstić information content (AvgIpc) is 2.91. The van der Waals surface area contributed by atoms with Crippen molar-refractivity contribution in [2.24, 2.45) is 5.92 Å². The van der Waals surface area contributed by atoms with Gasteiger partial charge in [-0.15, -0.1) is 0 Å². The zero-order valence-corrected chi connectivity index (χ0v) is 12.5. The van der Waals surface area contributed by atoms with E-state index < -0.39 is 23.4 Å². The Labute approximate surface area is 119 Å². The van der Waals surface area contributed by atoms with E-state index >= 15 is 0 Å². The minimum Gasteiger partial charge on any atom is -0.465 e. The van der Waals surface area contributed by atoms with E-state index in [-0.39, 0.29) is 19.6 Å². The van der Waals surface area contributed by atoms with E-state index in [2.05, 4.69) is 5.10 Å². The summed E-state index contributed by atoms with van der Waals surface area (Å²) in [6, 6.07) is 1.80. The van der Waals surface area contributed by atoms with Crippen LogP contribution in [0.25, 0.3) is 0 Å². The van der Waals surface area contributed by atoms with Crippen molar-refractivity contribution in [3.63, 3.8) is 0 Å². The largest absolute Gasteiger partial charge is 0.465 e. The molecule has 1 aromatic heterocycles. The molecule has 112 valence electrons. The lowest BCUT2D eigenvalue weighted by atomic mass is 9.90. The Morgan fingerprint density at radius 1 is 1.20 bits per heavy atom. The highest BCUT2D eigenvalue weighted by molar-refractivity contribution is 5.95. The average molecular weight is 282 g/mol. The van der Waals surface area contributed by atoms with Crippen molar-refractivity contribution in [3.8, 4) is 0 Å². The van der Waals surface area contributed by atoms with Gasteiger partial charge in [0.05, 0.1) is 18.8 Å². The van der Waals surface area contributed by atoms with E-state index in [1.54, 1.807) is 37.0 Å². The zero-order valence-electron chi connectivity index (χ0n) is 12.5. The van der Waals surface area contributed by atoms with E-state index in [0.29, 0.717) is 0 Å². The molecule has 0 N–H and O–H groups in total. The maximum Gasteiger partial charge on any atom is 0.320 e. The molecule has 20 heavy (non-hydrogen) atoms. The molecule has 0 fully saturated rings. The lowest BCUT2D eigenvalue weighted by Crippen LogP contribution is -2.37. The molecular formula is C14H22N2O4. The molecule has 0 unspecified atom stereocenters. The van der Waals surface area contributed by atoms with Crippen molar-refractivity contribution >= 4 is 11.9 Å². The first-order valence-electron chi connectivity index (χ1n) is 6.75. The summed E-state index contributed by atoms with van der Waals surface area (Å²) >= 11 is 0. The van der Waals surface area contributed by atoms with Gasteiger partial charge in [0.25, 0.3) is 0 Å². The van der Waals surface area contributed by atoms with Gasteiger partial charge in [0.15, 0.2) is 5.92 Å². The Kier molecular flexibility index (Phi) is 5.73. The first-order valence-corrected chi connectivity index (χ1v) is 6.75. The highest BCUT2D eigenvalue weighted by Gasteiger charge is 2.36. The fraction of sp³-hybridized carbons (Fsp3) is 0.643. The van der Waals surface area contributed by atoms with Gasteiger partial charge in [-0.3, -0.25) is 14.3 Å². The standard InChI is InChI=1S/C14H22N2O4/c1-5-19-12(17)11(13(18)20-6-2)10-14(3,4)16-9-7-8-15-16/h7-9,11H,5-6,10H2,1-4H3. The third kappa shape index (κ3) is 4.08. The third-order valence-electron chi connectivity index (χ3n) is 2.97. The molecule has 1 heterocycles. The van der Waals surface area contributed by atoms with Gasteiger partial charge in [0, 0.05) is 12.4 Å². The number of hydrogen-bond acceptors (Lipinski definition) is 5. The van der Waals surface area contributed by atoms with Gasteiger partial charge >= 0.3 is 11.9 Å². The molecule has 0 aliphatic heterocycles. The normalized spacial score (nSPS) is 11.4. The molecule has 0 bridgehead atoms. The maximum absolute atomic E-state index is 12.0. The fourth-order valence-corrected chi connectivity index (χ4v) is 1.97. The molecule has 0 amide bonds. The Morgan fingerprint density at radius 2 is 1.75 bits per heavy atom. The Balaban J connectivity index is 2.88. The first kappa shape index (κ1) is 16.2. The van der Waals surface area contributed by atoms with Crippen molar-refractivity contribution in [2.45, 2.75) is 39.7 Å². The van der Waals surface area contributed by atoms with E-state index in [4.69, 9.17) is 9.47 Å². The topological polar surface area (TPSA) is 70.4 Å². The maximum atomic E-state index is 12.0. The zero-order chi connectivity index (χ0) is 15.2. The number of nitrogens with zero attached hydrogens (tertiary/aromatic N) is 2. The van der Waals surface area contributed by atoms with Gasteiger partial charge in [-0.25, -0.2) is 0 Å². The van der Waals surface area contributed by atoms with Crippen LogP contribution in [-0.4, -0.2) is 34.9 Å². The fourth-order valence-electron chi connectivity index (χ4n) is 1.97. The molecule has 0 atom stereocenters. The predicted molar refractivity (Wildman–Crippen MR) is 72.9 cm³/mol. The van der Waals surface area contributed by atoms with Crippen molar-refractivity contribution in [3.05, 3.63) is 18.5 Å². The summed E-state index contributed by atoms with van der Waals surface area (Å²) in [7, 11) is 0. The van der Waals surface area contributed by atoms with E-state index in [1.807, 2.05) is 13.8 Å². The van der Waals surface area contributed by atoms with E-state index in [1.165, 1.54) is 0 Å². The number of esters is 2. The summed E-state index contributed by atoms with van der Waals surface area (Å²) in [6.45, 7) is 7.70. The Hall–Kier alpha value is -1.85. The molecule has 0 radical (unpaired) electrons. The molecule has 0 aliphatic rings. The van der Waals surface area contributed by atoms with Gasteiger partial charge in [-0.1, -0.05) is 0 Å². The number of hydrogen-bond donors (Lipinski definition) is 0. The molecule has 6 heteroatoms. The smallest absolute Gasteiger partial charge is 0.320 e. The van der Waals surface area contributed by atoms with Crippen LogP contribution in [-0.2, 0) is 24.6 Å². The monoisotopic (exact) mass is 282 g/mol. The molecule has 1 aromatic rings. The minimum absolute atomic E-state index is 0.233. The van der Waals surface area contributed by atoms with Crippen molar-refractivity contribution in [1.82, 2.24) is 9.78 Å². The molecule has 0 saturated heterocycles. The summed E-state index contributed by atoms with van der Waals surface area (Å²) in [6.07, 6.45) is 3.73. The molecule has 0 saturated carbocycles. The SMILES string of the molecule is CCOC(=O)C(CC(C)(C)n1cccn1)C(=O)OCC. The van der Waals surface area contributed by atoms with Gasteiger partial charge in [0.2, 0.25) is 0 Å². The van der Waals surface area contributed by atoms with Gasteiger partial charge in [-0.05, 0) is 40.2 Å². The van der Waals surface area contributed by atoms with Crippen molar-refractivity contribution in [2.75, 3.05) is 13.2 Å². The second kappa shape index (κ2) is 7.07. The van der Waals surface area contributed by atoms with Crippen LogP contribution < -0.4 is 0 Å². The predicted octanol–water partition coefficient (Wildman–Crippen LogP) is 1.75. The second-order valence-electron chi connectivity index (χ2n) is 5.02. The van der Waals surface area contributed by atoms with Crippen LogP contribution in [0.3, 0.4) is 0 Å². The number of ether oxygens (including phenoxy) is 2. The summed E-state index contributed by atoms with van der Waals surface area (Å²) in [5.74, 6) is -2.04. The van der Waals surface area contributed by atoms with Crippen LogP contribution in [0.4, 0.5) is 0 Å². The van der Waals surface area contributed by atoms with Crippen LogP contribution in [0, 0.1) is 5.92 Å². The number of carbonyl (C=O) groups is 2. The van der Waals surface area contributed by atoms with Gasteiger partial charge in [-0.2, -0.15) is 5.10 Å². The number of aromatic nitrogens is 2. The second-order valence-corrected chi connectivity index (χ2v) is 5.02. The highest BCUT2D eigenvalue weighted by Crippen LogP contribution is 2.25. The summed E-state index contributed by atoms with van der Waals surface area (Å²) < 4.78 is 11.7. The lowest BCUT2D eigenvalue weighted by Gasteiger charge is -2.28. The molecule has 0 aromatic carbocycles. The van der Waals surface area contributed by atoms with Crippen LogP contribution in [0.5, 0.6) is 0 Å². The van der Waals surface area contributed by atoms with Gasteiger partial charge < -0.3 is 9.47 Å². The van der Waals surface area contributed by atoms with E-state index in [0.717, 1.165) is 0 Å². The van der Waals surface area contributed by atoms with Crippen molar-refractivity contribution in [1.29, 1.82) is 0 Å². The van der Waals surface area contributed by atoms with Crippen LogP contribution in [0.1, 0.15) is 34.1 Å². The molecule has 6 nitrogen and oxygen atoms in total. The summed E-state index contributed by atoms with van der Waals surface area (Å²) in [5, 5.41) is 4.16. The lowest BCUT2D eigenvalue weighted by molar-refractivity contribution is -0.163. The van der Waals surface area contributed by atoms with Crippen molar-refractivity contribution < 1.29 is 19.1 Å².